The van der Waals surface area contributed by atoms with Gasteiger partial charge in [0.25, 0.3) is 0 Å². The number of hydrogen-bond acceptors (Lipinski definition) is 2. The van der Waals surface area contributed by atoms with E-state index in [4.69, 9.17) is 9.84 Å². The van der Waals surface area contributed by atoms with Crippen molar-refractivity contribution < 1.29 is 14.6 Å². The van der Waals surface area contributed by atoms with Gasteiger partial charge in [0.2, 0.25) is 0 Å². The number of rotatable bonds is 3. The van der Waals surface area contributed by atoms with Gasteiger partial charge in [-0.1, -0.05) is 28.1 Å². The summed E-state index contributed by atoms with van der Waals surface area (Å²) in [6, 6.07) is 18.2. The van der Waals surface area contributed by atoms with Crippen molar-refractivity contribution in [1.29, 1.82) is 0 Å². The molecule has 0 amide bonds. The van der Waals surface area contributed by atoms with Gasteiger partial charge in [-0.2, -0.15) is 0 Å². The molecule has 0 aliphatic heterocycles. The number of carbonyl (C=O) groups is 1. The minimum Gasteiger partial charge on any atom is -0.478 e. The quantitative estimate of drug-likeness (QED) is 0.720. The van der Waals surface area contributed by atoms with Crippen LogP contribution in [0.1, 0.15) is 10.4 Å². The first-order valence-corrected chi connectivity index (χ1v) is 7.12. The molecule has 0 saturated heterocycles. The zero-order valence-corrected chi connectivity index (χ0v) is 12.5. The van der Waals surface area contributed by atoms with Gasteiger partial charge in [0.1, 0.15) is 11.5 Å². The first kappa shape index (κ1) is 13.6. The Balaban J connectivity index is 1.87. The summed E-state index contributed by atoms with van der Waals surface area (Å²) in [5.41, 5.74) is 0.241. The van der Waals surface area contributed by atoms with E-state index in [0.717, 1.165) is 15.2 Å². The number of ether oxygens (including phenoxy) is 1. The molecule has 3 nitrogen and oxygen atoms in total. The predicted molar refractivity (Wildman–Crippen MR) is 85.1 cm³/mol. The van der Waals surface area contributed by atoms with Crippen LogP contribution < -0.4 is 4.74 Å². The highest BCUT2D eigenvalue weighted by Crippen LogP contribution is 2.27. The van der Waals surface area contributed by atoms with Crippen molar-refractivity contribution in [3.8, 4) is 11.5 Å². The fourth-order valence-corrected chi connectivity index (χ4v) is 2.44. The molecule has 3 aromatic rings. The van der Waals surface area contributed by atoms with Gasteiger partial charge >= 0.3 is 5.97 Å². The van der Waals surface area contributed by atoms with E-state index < -0.39 is 5.97 Å². The Morgan fingerprint density at radius 3 is 2.19 bits per heavy atom. The average Bonchev–Trinajstić information content (AvgIpc) is 2.48. The second kappa shape index (κ2) is 5.58. The number of carboxylic acid groups (broad SMARTS) is 1. The van der Waals surface area contributed by atoms with Crippen LogP contribution in [0.5, 0.6) is 11.5 Å². The molecule has 0 saturated carbocycles. The molecule has 0 unspecified atom stereocenters. The van der Waals surface area contributed by atoms with Crippen LogP contribution in [0.15, 0.2) is 65.1 Å². The van der Waals surface area contributed by atoms with Crippen LogP contribution in [0.4, 0.5) is 0 Å². The molecule has 3 aromatic carbocycles. The zero-order valence-electron chi connectivity index (χ0n) is 10.9. The van der Waals surface area contributed by atoms with Crippen LogP contribution in [-0.2, 0) is 0 Å². The van der Waals surface area contributed by atoms with Gasteiger partial charge in [0, 0.05) is 4.47 Å². The predicted octanol–water partition coefficient (Wildman–Crippen LogP) is 5.09. The van der Waals surface area contributed by atoms with Crippen LogP contribution in [0.3, 0.4) is 0 Å². The van der Waals surface area contributed by atoms with Crippen LogP contribution in [0.25, 0.3) is 10.8 Å². The van der Waals surface area contributed by atoms with Gasteiger partial charge in [-0.15, -0.1) is 0 Å². The molecule has 21 heavy (non-hydrogen) atoms. The maximum atomic E-state index is 10.8. The van der Waals surface area contributed by atoms with E-state index in [-0.39, 0.29) is 5.56 Å². The summed E-state index contributed by atoms with van der Waals surface area (Å²) in [6.07, 6.45) is 0. The summed E-state index contributed by atoms with van der Waals surface area (Å²) in [5, 5.41) is 11.1. The van der Waals surface area contributed by atoms with Gasteiger partial charge in [0.05, 0.1) is 5.56 Å². The molecule has 0 heterocycles. The van der Waals surface area contributed by atoms with Crippen molar-refractivity contribution in [1.82, 2.24) is 0 Å². The fourth-order valence-electron chi connectivity index (χ4n) is 2.06. The third-order valence-electron chi connectivity index (χ3n) is 3.11. The van der Waals surface area contributed by atoms with Crippen molar-refractivity contribution >= 4 is 32.7 Å². The molecule has 3 rings (SSSR count). The third kappa shape index (κ3) is 3.06. The summed E-state index contributed by atoms with van der Waals surface area (Å²) in [6.45, 7) is 0. The lowest BCUT2D eigenvalue weighted by Crippen LogP contribution is -1.95. The lowest BCUT2D eigenvalue weighted by molar-refractivity contribution is 0.0697. The monoisotopic (exact) mass is 342 g/mol. The van der Waals surface area contributed by atoms with Gasteiger partial charge in [0.15, 0.2) is 0 Å². The van der Waals surface area contributed by atoms with E-state index in [1.807, 2.05) is 36.4 Å². The van der Waals surface area contributed by atoms with Crippen LogP contribution >= 0.6 is 15.9 Å². The topological polar surface area (TPSA) is 46.5 Å². The first-order chi connectivity index (χ1) is 10.1. The molecular weight excluding hydrogens is 332 g/mol. The average molecular weight is 343 g/mol. The maximum absolute atomic E-state index is 10.8. The van der Waals surface area contributed by atoms with Crippen LogP contribution in [0.2, 0.25) is 0 Å². The van der Waals surface area contributed by atoms with Crippen molar-refractivity contribution in [3.63, 3.8) is 0 Å². The molecule has 0 radical (unpaired) electrons. The molecule has 0 aromatic heterocycles. The van der Waals surface area contributed by atoms with Crippen LogP contribution in [-0.4, -0.2) is 11.1 Å². The normalized spacial score (nSPS) is 10.5. The second-order valence-electron chi connectivity index (χ2n) is 4.58. The molecule has 0 aliphatic rings. The highest BCUT2D eigenvalue weighted by Gasteiger charge is 2.04. The Hall–Kier alpha value is -2.33. The van der Waals surface area contributed by atoms with Crippen LogP contribution in [0, 0.1) is 0 Å². The molecule has 0 bridgehead atoms. The largest absolute Gasteiger partial charge is 0.478 e. The van der Waals surface area contributed by atoms with Gasteiger partial charge in [-0.25, -0.2) is 4.79 Å². The molecule has 0 aliphatic carbocycles. The van der Waals surface area contributed by atoms with Crippen molar-refractivity contribution in [2.24, 2.45) is 0 Å². The Bertz CT molecular complexity index is 810. The van der Waals surface area contributed by atoms with Crippen molar-refractivity contribution in [3.05, 3.63) is 70.7 Å². The number of benzene rings is 3. The fraction of sp³-hybridized carbons (Fsp3) is 0. The Morgan fingerprint density at radius 2 is 1.48 bits per heavy atom. The maximum Gasteiger partial charge on any atom is 0.335 e. The highest BCUT2D eigenvalue weighted by molar-refractivity contribution is 9.10. The zero-order chi connectivity index (χ0) is 14.8. The Labute approximate surface area is 129 Å². The lowest BCUT2D eigenvalue weighted by atomic mass is 10.1. The minimum absolute atomic E-state index is 0.241. The number of aromatic carboxylic acids is 1. The minimum atomic E-state index is -0.946. The van der Waals surface area contributed by atoms with E-state index in [9.17, 15) is 4.79 Å². The summed E-state index contributed by atoms with van der Waals surface area (Å²) in [5.74, 6) is 0.377. The Kier molecular flexibility index (Phi) is 3.62. The SMILES string of the molecule is O=C(O)c1ccc(Oc2ccc3cc(Br)ccc3c2)cc1. The van der Waals surface area contributed by atoms with Gasteiger partial charge < -0.3 is 9.84 Å². The number of hydrogen-bond donors (Lipinski definition) is 1. The lowest BCUT2D eigenvalue weighted by Gasteiger charge is -2.07. The molecule has 1 N–H and O–H groups in total. The summed E-state index contributed by atoms with van der Waals surface area (Å²) >= 11 is 3.44. The van der Waals surface area contributed by atoms with Crippen molar-refractivity contribution in [2.45, 2.75) is 0 Å². The smallest absolute Gasteiger partial charge is 0.335 e. The molecular formula is C17H11BrO3. The van der Waals surface area contributed by atoms with E-state index in [2.05, 4.69) is 15.9 Å². The molecule has 4 heteroatoms. The van der Waals surface area contributed by atoms with Gasteiger partial charge in [-0.3, -0.25) is 0 Å². The van der Waals surface area contributed by atoms with E-state index >= 15 is 0 Å². The molecule has 0 fully saturated rings. The standard InChI is InChI=1S/C17H11BrO3/c18-14-5-1-13-10-16(8-4-12(13)9-14)21-15-6-2-11(3-7-15)17(19)20/h1-10H,(H,19,20). The summed E-state index contributed by atoms with van der Waals surface area (Å²) in [7, 11) is 0. The molecule has 0 spiro atoms. The molecule has 0 atom stereocenters. The highest BCUT2D eigenvalue weighted by atomic mass is 79.9. The van der Waals surface area contributed by atoms with Crippen molar-refractivity contribution in [2.75, 3.05) is 0 Å². The van der Waals surface area contributed by atoms with E-state index in [1.165, 1.54) is 12.1 Å². The summed E-state index contributed by atoms with van der Waals surface area (Å²) < 4.78 is 6.78. The van der Waals surface area contributed by atoms with E-state index in [1.54, 1.807) is 12.1 Å². The molecule has 104 valence electrons. The number of carboxylic acids is 1. The Morgan fingerprint density at radius 1 is 0.857 bits per heavy atom. The van der Waals surface area contributed by atoms with E-state index in [0.29, 0.717) is 11.5 Å². The number of halogens is 1. The third-order valence-corrected chi connectivity index (χ3v) is 3.60. The number of fused-ring (bicyclic) bond motifs is 1. The second-order valence-corrected chi connectivity index (χ2v) is 5.50. The first-order valence-electron chi connectivity index (χ1n) is 6.32. The summed E-state index contributed by atoms with van der Waals surface area (Å²) in [4.78, 5) is 10.8. The van der Waals surface area contributed by atoms with Gasteiger partial charge in [-0.05, 0) is 59.3 Å².